The quantitative estimate of drug-likeness (QED) is 0.832. The van der Waals surface area contributed by atoms with Gasteiger partial charge in [0, 0.05) is 31.1 Å². The molecule has 5 rings (SSSR count). The highest BCUT2D eigenvalue weighted by molar-refractivity contribution is 5.85. The Kier molecular flexibility index (Phi) is 5.19. The molecule has 0 aromatic heterocycles. The summed E-state index contributed by atoms with van der Waals surface area (Å²) < 4.78 is 0. The number of phenols is 1. The Morgan fingerprint density at radius 3 is 2.74 bits per heavy atom. The first-order chi connectivity index (χ1) is 12.8. The minimum Gasteiger partial charge on any atom is -0.508 e. The Balaban J connectivity index is 0.00000180. The average Bonchev–Trinajstić information content (AvgIpc) is 2.69. The van der Waals surface area contributed by atoms with Gasteiger partial charge >= 0.3 is 0 Å². The number of phenolic OH excluding ortho intramolecular Hbond substituents is 1. The number of fused-ring (bicyclic) bond motifs is 1. The Labute approximate surface area is 168 Å². The smallest absolute Gasteiger partial charge is 0.115 e. The number of benzene rings is 2. The van der Waals surface area contributed by atoms with Crippen LogP contribution >= 0.6 is 12.4 Å². The van der Waals surface area contributed by atoms with Gasteiger partial charge in [0.25, 0.3) is 0 Å². The Bertz CT molecular complexity index is 796. The van der Waals surface area contributed by atoms with Crippen molar-refractivity contribution in [3.8, 4) is 5.75 Å². The van der Waals surface area contributed by atoms with Crippen LogP contribution in [0.3, 0.4) is 0 Å². The molecule has 0 spiro atoms. The molecule has 1 unspecified atom stereocenters. The molecule has 1 saturated carbocycles. The lowest BCUT2D eigenvalue weighted by molar-refractivity contribution is -0.152. The monoisotopic (exact) mass is 384 g/mol. The van der Waals surface area contributed by atoms with E-state index in [9.17, 15) is 5.11 Å². The molecule has 1 saturated heterocycles. The first-order valence-electron chi connectivity index (χ1n) is 10.1. The van der Waals surface area contributed by atoms with Crippen LogP contribution < -0.4 is 0 Å². The summed E-state index contributed by atoms with van der Waals surface area (Å²) in [5.74, 6) is 0.433. The van der Waals surface area contributed by atoms with Crippen LogP contribution in [0.1, 0.15) is 48.8 Å². The molecule has 2 aromatic carbocycles. The molecule has 2 aliphatic heterocycles. The van der Waals surface area contributed by atoms with Crippen molar-refractivity contribution in [3.05, 3.63) is 65.2 Å². The molecule has 1 N–H and O–H groups in total. The minimum atomic E-state index is 0. The zero-order chi connectivity index (χ0) is 17.6. The van der Waals surface area contributed by atoms with Crippen LogP contribution in [-0.2, 0) is 18.4 Å². The zero-order valence-corrected chi connectivity index (χ0v) is 16.6. The Morgan fingerprint density at radius 2 is 1.89 bits per heavy atom. The molecule has 0 amide bonds. The lowest BCUT2D eigenvalue weighted by Crippen LogP contribution is -2.66. The molecule has 1 aliphatic carbocycles. The van der Waals surface area contributed by atoms with Crippen molar-refractivity contribution in [3.63, 3.8) is 0 Å². The molecule has 2 heterocycles. The van der Waals surface area contributed by atoms with Gasteiger partial charge in [0.2, 0.25) is 0 Å². The minimum absolute atomic E-state index is 0. The van der Waals surface area contributed by atoms with E-state index in [0.29, 0.717) is 11.8 Å². The van der Waals surface area contributed by atoms with Crippen molar-refractivity contribution >= 4 is 12.4 Å². The highest BCUT2D eigenvalue weighted by Gasteiger charge is 2.52. The summed E-state index contributed by atoms with van der Waals surface area (Å²) in [6.45, 7) is 3.24. The molecular weight excluding hydrogens is 356 g/mol. The van der Waals surface area contributed by atoms with E-state index in [2.05, 4.69) is 52.5 Å². The van der Waals surface area contributed by atoms with E-state index in [4.69, 9.17) is 0 Å². The molecule has 27 heavy (non-hydrogen) atoms. The second-order valence-corrected chi connectivity index (χ2v) is 8.30. The third-order valence-corrected chi connectivity index (χ3v) is 6.99. The normalized spacial score (nSPS) is 29.3. The van der Waals surface area contributed by atoms with Crippen LogP contribution in [0.2, 0.25) is 0 Å². The van der Waals surface area contributed by atoms with E-state index in [1.807, 2.05) is 6.07 Å². The Morgan fingerprint density at radius 1 is 1.04 bits per heavy atom. The maximum absolute atomic E-state index is 10.1. The summed E-state index contributed by atoms with van der Waals surface area (Å²) in [6.07, 6.45) is 7.56. The van der Waals surface area contributed by atoms with Crippen LogP contribution in [0.25, 0.3) is 0 Å². The van der Waals surface area contributed by atoms with Gasteiger partial charge in [0.05, 0.1) is 0 Å². The zero-order valence-electron chi connectivity index (χ0n) is 15.8. The van der Waals surface area contributed by atoms with Crippen LogP contribution in [-0.4, -0.2) is 34.3 Å². The van der Waals surface area contributed by atoms with Gasteiger partial charge in [-0.05, 0) is 54.5 Å². The van der Waals surface area contributed by atoms with Crippen LogP contribution in [0.4, 0.5) is 0 Å². The third kappa shape index (κ3) is 3.16. The number of halogens is 1. The number of rotatable bonds is 3. The fourth-order valence-electron chi connectivity index (χ4n) is 5.74. The molecule has 0 radical (unpaired) electrons. The van der Waals surface area contributed by atoms with E-state index < -0.39 is 0 Å². The highest BCUT2D eigenvalue weighted by atomic mass is 35.5. The van der Waals surface area contributed by atoms with Crippen molar-refractivity contribution in [2.75, 3.05) is 13.1 Å². The molecule has 3 atom stereocenters. The van der Waals surface area contributed by atoms with Gasteiger partial charge in [-0.15, -0.1) is 12.4 Å². The molecular formula is C23H29ClN2O. The number of hydrazine groups is 1. The van der Waals surface area contributed by atoms with Crippen LogP contribution in [0, 0.1) is 0 Å². The standard InChI is InChI=1S/C23H28N2O.ClH/c26-20-10-9-19-17-25-22-8-4-5-12-23(22,21(19)16-20)13-15-24(25)14-11-18-6-2-1-3-7-18;/h1-3,6-7,9-10,16,22,26H,4-5,8,11-15,17H2;1H/t22-,23+;/m1./s1. The second kappa shape index (κ2) is 7.46. The summed E-state index contributed by atoms with van der Waals surface area (Å²) in [5, 5.41) is 15.4. The van der Waals surface area contributed by atoms with Gasteiger partial charge in [-0.3, -0.25) is 0 Å². The lowest BCUT2D eigenvalue weighted by atomic mass is 9.60. The van der Waals surface area contributed by atoms with Crippen molar-refractivity contribution in [1.82, 2.24) is 10.0 Å². The van der Waals surface area contributed by atoms with Crippen LogP contribution in [0.5, 0.6) is 5.75 Å². The number of nitrogens with zero attached hydrogens (tertiary/aromatic N) is 2. The molecule has 4 heteroatoms. The summed E-state index contributed by atoms with van der Waals surface area (Å²) in [5.41, 5.74) is 4.55. The van der Waals surface area contributed by atoms with E-state index >= 15 is 0 Å². The number of aromatic hydroxyl groups is 1. The largest absolute Gasteiger partial charge is 0.508 e. The molecule has 3 aliphatic rings. The molecule has 2 bridgehead atoms. The van der Waals surface area contributed by atoms with Crippen molar-refractivity contribution in [2.45, 2.75) is 56.5 Å². The first kappa shape index (κ1) is 18.8. The lowest BCUT2D eigenvalue weighted by Gasteiger charge is -2.60. The Hall–Kier alpha value is -1.55. The average molecular weight is 385 g/mol. The number of hydrogen-bond acceptors (Lipinski definition) is 3. The van der Waals surface area contributed by atoms with Gasteiger partial charge < -0.3 is 5.11 Å². The maximum atomic E-state index is 10.1. The SMILES string of the molecule is Cl.Oc1ccc2c(c1)[C@@]13CCCC[C@H]1N(C2)N(CCc1ccccc1)CC3. The van der Waals surface area contributed by atoms with E-state index in [1.54, 1.807) is 0 Å². The van der Waals surface area contributed by atoms with Crippen LogP contribution in [0.15, 0.2) is 48.5 Å². The predicted molar refractivity (Wildman–Crippen MR) is 111 cm³/mol. The maximum Gasteiger partial charge on any atom is 0.115 e. The van der Waals surface area contributed by atoms with Gasteiger partial charge in [-0.1, -0.05) is 49.2 Å². The summed E-state index contributed by atoms with van der Waals surface area (Å²) in [4.78, 5) is 0. The fourth-order valence-corrected chi connectivity index (χ4v) is 5.74. The predicted octanol–water partition coefficient (Wildman–Crippen LogP) is 4.67. The first-order valence-corrected chi connectivity index (χ1v) is 10.1. The second-order valence-electron chi connectivity index (χ2n) is 8.30. The van der Waals surface area contributed by atoms with Gasteiger partial charge in [-0.25, -0.2) is 10.0 Å². The van der Waals surface area contributed by atoms with E-state index in [0.717, 1.165) is 26.1 Å². The van der Waals surface area contributed by atoms with Gasteiger partial charge in [0.15, 0.2) is 0 Å². The van der Waals surface area contributed by atoms with E-state index in [1.165, 1.54) is 48.8 Å². The summed E-state index contributed by atoms with van der Waals surface area (Å²) in [7, 11) is 0. The third-order valence-electron chi connectivity index (χ3n) is 6.99. The van der Waals surface area contributed by atoms with Crippen molar-refractivity contribution in [1.29, 1.82) is 0 Å². The van der Waals surface area contributed by atoms with Gasteiger partial charge in [-0.2, -0.15) is 0 Å². The van der Waals surface area contributed by atoms with E-state index in [-0.39, 0.29) is 17.8 Å². The van der Waals surface area contributed by atoms with Crippen molar-refractivity contribution < 1.29 is 5.11 Å². The molecule has 2 aromatic rings. The molecule has 2 fully saturated rings. The highest BCUT2D eigenvalue weighted by Crippen LogP contribution is 2.52. The summed E-state index contributed by atoms with van der Waals surface area (Å²) >= 11 is 0. The summed E-state index contributed by atoms with van der Waals surface area (Å²) in [6, 6.07) is 17.6. The fraction of sp³-hybridized carbons (Fsp3) is 0.478. The molecule has 144 valence electrons. The number of hydrogen-bond donors (Lipinski definition) is 1. The molecule has 3 nitrogen and oxygen atoms in total. The topological polar surface area (TPSA) is 26.7 Å². The van der Waals surface area contributed by atoms with Gasteiger partial charge in [0.1, 0.15) is 5.75 Å². The van der Waals surface area contributed by atoms with Crippen molar-refractivity contribution in [2.24, 2.45) is 0 Å².